The third kappa shape index (κ3) is 4.67. The van der Waals surface area contributed by atoms with Crippen molar-refractivity contribution < 1.29 is 14.1 Å². The van der Waals surface area contributed by atoms with E-state index in [-0.39, 0.29) is 29.8 Å². The van der Waals surface area contributed by atoms with Crippen LogP contribution in [0.4, 0.5) is 0 Å². The molecule has 7 heteroatoms. The molecule has 2 fully saturated rings. The van der Waals surface area contributed by atoms with Crippen molar-refractivity contribution in [2.45, 2.75) is 57.2 Å². The van der Waals surface area contributed by atoms with Crippen molar-refractivity contribution in [3.05, 3.63) is 53.4 Å². The molecular formula is C22H28N4O3. The summed E-state index contributed by atoms with van der Waals surface area (Å²) in [5.41, 5.74) is 0.993. The Balaban J connectivity index is 1.34. The zero-order valence-corrected chi connectivity index (χ0v) is 16.9. The van der Waals surface area contributed by atoms with Crippen molar-refractivity contribution in [1.82, 2.24) is 20.7 Å². The van der Waals surface area contributed by atoms with Crippen molar-refractivity contribution >= 4 is 11.8 Å². The summed E-state index contributed by atoms with van der Waals surface area (Å²) in [5, 5.41) is 10.0. The fourth-order valence-electron chi connectivity index (χ4n) is 3.93. The zero-order chi connectivity index (χ0) is 20.4. The number of hydrogen-bond acceptors (Lipinski definition) is 5. The van der Waals surface area contributed by atoms with Gasteiger partial charge in [-0.05, 0) is 31.4 Å². The lowest BCUT2D eigenvalue weighted by molar-refractivity contribution is 0.0924. The molecule has 1 aromatic heterocycles. The molecule has 0 unspecified atom stereocenters. The van der Waals surface area contributed by atoms with Gasteiger partial charge in [-0.2, -0.15) is 0 Å². The first-order valence-electron chi connectivity index (χ1n) is 10.4. The molecule has 2 heterocycles. The van der Waals surface area contributed by atoms with Crippen LogP contribution in [0, 0.1) is 0 Å². The maximum Gasteiger partial charge on any atom is 0.273 e. The highest BCUT2D eigenvalue weighted by Crippen LogP contribution is 2.33. The van der Waals surface area contributed by atoms with E-state index in [2.05, 4.69) is 20.7 Å². The average molecular weight is 396 g/mol. The van der Waals surface area contributed by atoms with Crippen LogP contribution < -0.4 is 10.6 Å². The molecule has 2 amide bonds. The maximum absolute atomic E-state index is 12.6. The molecule has 1 aliphatic carbocycles. The quantitative estimate of drug-likeness (QED) is 0.751. The van der Waals surface area contributed by atoms with Crippen LogP contribution >= 0.6 is 0 Å². The first-order valence-corrected chi connectivity index (χ1v) is 10.4. The predicted octanol–water partition coefficient (Wildman–Crippen LogP) is 2.56. The van der Waals surface area contributed by atoms with Gasteiger partial charge in [0.15, 0.2) is 5.69 Å². The van der Waals surface area contributed by atoms with E-state index < -0.39 is 0 Å². The van der Waals surface area contributed by atoms with Crippen LogP contribution in [0.5, 0.6) is 0 Å². The summed E-state index contributed by atoms with van der Waals surface area (Å²) in [5.74, 6) is 0.647. The number of rotatable bonds is 7. The lowest BCUT2D eigenvalue weighted by atomic mass is 10.1. The summed E-state index contributed by atoms with van der Waals surface area (Å²) in [6.45, 7) is 5.39. The summed E-state index contributed by atoms with van der Waals surface area (Å²) in [4.78, 5) is 27.4. The van der Waals surface area contributed by atoms with Gasteiger partial charge in [0.05, 0.1) is 0 Å². The number of carbonyl (C=O) groups is 2. The Labute approximate surface area is 170 Å². The Kier molecular flexibility index (Phi) is 5.67. The zero-order valence-electron chi connectivity index (χ0n) is 16.9. The first-order chi connectivity index (χ1) is 14.0. The van der Waals surface area contributed by atoms with E-state index >= 15 is 0 Å². The van der Waals surface area contributed by atoms with Crippen molar-refractivity contribution in [3.63, 3.8) is 0 Å². The van der Waals surface area contributed by atoms with E-state index in [1.54, 1.807) is 6.07 Å². The Hall–Kier alpha value is -2.67. The number of amides is 2. The molecule has 1 aromatic carbocycles. The molecule has 154 valence electrons. The van der Waals surface area contributed by atoms with E-state index in [4.69, 9.17) is 4.52 Å². The summed E-state index contributed by atoms with van der Waals surface area (Å²) < 4.78 is 5.24. The molecule has 7 nitrogen and oxygen atoms in total. The van der Waals surface area contributed by atoms with E-state index in [0.29, 0.717) is 29.6 Å². The molecule has 1 saturated heterocycles. The number of hydrogen-bond donors (Lipinski definition) is 2. The van der Waals surface area contributed by atoms with Crippen LogP contribution in [0.15, 0.2) is 40.9 Å². The smallest absolute Gasteiger partial charge is 0.273 e. The largest absolute Gasteiger partial charge is 0.360 e. The van der Waals surface area contributed by atoms with E-state index in [9.17, 15) is 9.59 Å². The lowest BCUT2D eigenvalue weighted by Gasteiger charge is -2.24. The molecule has 0 spiro atoms. The summed E-state index contributed by atoms with van der Waals surface area (Å²) >= 11 is 0. The standard InChI is InChI=1S/C22H28N4O3/c1-14(2)20-11-19(25-29-20)22(28)24-16-10-18(26(13-16)17-8-9-17)12-23-21(27)15-6-4-3-5-7-15/h3-7,11,14,16-18H,8-10,12-13H2,1-2H3,(H,23,27)(H,24,28)/t16-,18+/m1/s1. The van der Waals surface area contributed by atoms with Gasteiger partial charge >= 0.3 is 0 Å². The Bertz CT molecular complexity index is 860. The minimum atomic E-state index is -0.199. The molecule has 29 heavy (non-hydrogen) atoms. The summed E-state index contributed by atoms with van der Waals surface area (Å²) in [7, 11) is 0. The van der Waals surface area contributed by atoms with E-state index in [1.807, 2.05) is 44.2 Å². The van der Waals surface area contributed by atoms with Crippen molar-refractivity contribution in [2.75, 3.05) is 13.1 Å². The molecule has 2 aliphatic rings. The van der Waals surface area contributed by atoms with Gasteiger partial charge in [0.2, 0.25) is 0 Å². The van der Waals surface area contributed by atoms with Crippen LogP contribution in [0.1, 0.15) is 65.6 Å². The summed E-state index contributed by atoms with van der Waals surface area (Å²) in [6.07, 6.45) is 3.18. The van der Waals surface area contributed by atoms with Crippen LogP contribution in [0.3, 0.4) is 0 Å². The minimum Gasteiger partial charge on any atom is -0.360 e. The second kappa shape index (κ2) is 8.37. The number of nitrogens with one attached hydrogen (secondary N) is 2. The molecule has 1 saturated carbocycles. The van der Waals surface area contributed by atoms with Gasteiger partial charge in [-0.1, -0.05) is 37.2 Å². The van der Waals surface area contributed by atoms with E-state index in [0.717, 1.165) is 13.0 Å². The van der Waals surface area contributed by atoms with Crippen molar-refractivity contribution in [1.29, 1.82) is 0 Å². The maximum atomic E-state index is 12.6. The predicted molar refractivity (Wildman–Crippen MR) is 109 cm³/mol. The SMILES string of the molecule is CC(C)c1cc(C(=O)N[C@@H]2C[C@@H](CNC(=O)c3ccccc3)N(C3CC3)C2)no1. The van der Waals surface area contributed by atoms with Crippen molar-refractivity contribution in [3.8, 4) is 0 Å². The monoisotopic (exact) mass is 396 g/mol. The second-order valence-electron chi connectivity index (χ2n) is 8.33. The third-order valence-electron chi connectivity index (χ3n) is 5.67. The molecule has 0 radical (unpaired) electrons. The van der Waals surface area contributed by atoms with Crippen molar-refractivity contribution in [2.24, 2.45) is 0 Å². The number of likely N-dealkylation sites (tertiary alicyclic amines) is 1. The van der Waals surface area contributed by atoms with Gasteiger partial charge in [-0.3, -0.25) is 14.5 Å². The lowest BCUT2D eigenvalue weighted by Crippen LogP contribution is -2.41. The fourth-order valence-corrected chi connectivity index (χ4v) is 3.93. The third-order valence-corrected chi connectivity index (χ3v) is 5.67. The Morgan fingerprint density at radius 2 is 1.97 bits per heavy atom. The van der Waals surface area contributed by atoms with E-state index in [1.165, 1.54) is 12.8 Å². The van der Waals surface area contributed by atoms with Crippen LogP contribution in [0.2, 0.25) is 0 Å². The molecular weight excluding hydrogens is 368 g/mol. The molecule has 2 N–H and O–H groups in total. The highest BCUT2D eigenvalue weighted by atomic mass is 16.5. The highest BCUT2D eigenvalue weighted by Gasteiger charge is 2.41. The highest BCUT2D eigenvalue weighted by molar-refractivity contribution is 5.94. The minimum absolute atomic E-state index is 0.0425. The number of aromatic nitrogens is 1. The normalized spacial score (nSPS) is 22.0. The van der Waals surface area contributed by atoms with Crippen LogP contribution in [-0.4, -0.2) is 53.1 Å². The number of benzene rings is 1. The van der Waals surface area contributed by atoms with Gasteiger partial charge in [-0.15, -0.1) is 0 Å². The van der Waals surface area contributed by atoms with Gasteiger partial charge in [0.25, 0.3) is 11.8 Å². The molecule has 2 atom stereocenters. The first kappa shape index (κ1) is 19.6. The summed E-state index contributed by atoms with van der Waals surface area (Å²) in [6, 6.07) is 11.8. The van der Waals surface area contributed by atoms with Gasteiger partial charge < -0.3 is 15.2 Å². The topological polar surface area (TPSA) is 87.5 Å². The van der Waals surface area contributed by atoms with Crippen LogP contribution in [0.25, 0.3) is 0 Å². The molecule has 1 aliphatic heterocycles. The van der Waals surface area contributed by atoms with Crippen LogP contribution in [-0.2, 0) is 0 Å². The molecule has 4 rings (SSSR count). The van der Waals surface area contributed by atoms with Gasteiger partial charge in [0, 0.05) is 48.8 Å². The second-order valence-corrected chi connectivity index (χ2v) is 8.33. The molecule has 2 aromatic rings. The van der Waals surface area contributed by atoms with Gasteiger partial charge in [-0.25, -0.2) is 0 Å². The average Bonchev–Trinajstić information content (AvgIpc) is 3.29. The Morgan fingerprint density at radius 1 is 1.21 bits per heavy atom. The fraction of sp³-hybridized carbons (Fsp3) is 0.500. The Morgan fingerprint density at radius 3 is 2.62 bits per heavy atom. The molecule has 0 bridgehead atoms. The number of nitrogens with zero attached hydrogens (tertiary/aromatic N) is 2. The number of carbonyl (C=O) groups excluding carboxylic acids is 2. The van der Waals surface area contributed by atoms with Gasteiger partial charge in [0.1, 0.15) is 5.76 Å².